The molecule has 1 saturated heterocycles. The van der Waals surface area contributed by atoms with Crippen molar-refractivity contribution in [3.63, 3.8) is 0 Å². The van der Waals surface area contributed by atoms with E-state index in [-0.39, 0.29) is 18.3 Å². The minimum atomic E-state index is -1.02. The maximum Gasteiger partial charge on any atom is 0.274 e. The third-order valence-electron chi connectivity index (χ3n) is 6.11. The van der Waals surface area contributed by atoms with Crippen molar-refractivity contribution in [2.75, 3.05) is 6.61 Å². The highest BCUT2D eigenvalue weighted by molar-refractivity contribution is 6.30. The van der Waals surface area contributed by atoms with Gasteiger partial charge in [0.05, 0.1) is 0 Å². The average Bonchev–Trinajstić information content (AvgIpc) is 3.27. The zero-order chi connectivity index (χ0) is 24.3. The van der Waals surface area contributed by atoms with Crippen molar-refractivity contribution >= 4 is 23.7 Å². The SMILES string of the molecule is O=C1C(N=Cc2cc(Cl)ccc2O)CON1C(c1ccccc1)(c1ccccc1)c1ccccc1. The van der Waals surface area contributed by atoms with E-state index in [1.54, 1.807) is 12.1 Å². The number of aliphatic imine (C=N–C) groups is 1. The summed E-state index contributed by atoms with van der Waals surface area (Å²) in [6.07, 6.45) is 1.46. The highest BCUT2D eigenvalue weighted by Crippen LogP contribution is 2.44. The number of hydrogen-bond donors (Lipinski definition) is 1. The van der Waals surface area contributed by atoms with Crippen LogP contribution in [0.2, 0.25) is 5.02 Å². The second kappa shape index (κ2) is 9.74. The number of hydrogen-bond acceptors (Lipinski definition) is 4. The van der Waals surface area contributed by atoms with E-state index in [1.165, 1.54) is 17.3 Å². The fourth-order valence-electron chi connectivity index (χ4n) is 4.47. The van der Waals surface area contributed by atoms with E-state index in [0.29, 0.717) is 10.6 Å². The van der Waals surface area contributed by atoms with Crippen LogP contribution in [0.3, 0.4) is 0 Å². The maximum atomic E-state index is 13.8. The van der Waals surface area contributed by atoms with Crippen LogP contribution in [0.25, 0.3) is 0 Å². The molecule has 0 radical (unpaired) electrons. The minimum absolute atomic E-state index is 0.0357. The van der Waals surface area contributed by atoms with Gasteiger partial charge in [0, 0.05) is 16.8 Å². The Kier molecular flexibility index (Phi) is 6.36. The van der Waals surface area contributed by atoms with Gasteiger partial charge in [-0.3, -0.25) is 14.6 Å². The molecule has 0 aromatic heterocycles. The zero-order valence-corrected chi connectivity index (χ0v) is 19.5. The van der Waals surface area contributed by atoms with E-state index in [4.69, 9.17) is 16.4 Å². The Morgan fingerprint density at radius 2 is 1.37 bits per heavy atom. The van der Waals surface area contributed by atoms with Gasteiger partial charge in [0.2, 0.25) is 0 Å². The molecule has 174 valence electrons. The first kappa shape index (κ1) is 22.8. The average molecular weight is 483 g/mol. The number of nitrogens with zero attached hydrogens (tertiary/aromatic N) is 2. The second-order valence-corrected chi connectivity index (χ2v) is 8.67. The van der Waals surface area contributed by atoms with Crippen molar-refractivity contribution in [3.05, 3.63) is 136 Å². The first-order chi connectivity index (χ1) is 17.1. The Morgan fingerprint density at radius 1 is 0.857 bits per heavy atom. The van der Waals surface area contributed by atoms with Crippen LogP contribution < -0.4 is 0 Å². The topological polar surface area (TPSA) is 62.1 Å². The lowest BCUT2D eigenvalue weighted by atomic mass is 9.76. The monoisotopic (exact) mass is 482 g/mol. The van der Waals surface area contributed by atoms with Gasteiger partial charge in [-0.2, -0.15) is 5.06 Å². The molecular weight excluding hydrogens is 460 g/mol. The van der Waals surface area contributed by atoms with Crippen LogP contribution in [0.15, 0.2) is 114 Å². The number of amides is 1. The Bertz CT molecular complexity index is 1250. The number of rotatable bonds is 6. The van der Waals surface area contributed by atoms with E-state index in [0.717, 1.165) is 16.7 Å². The predicted molar refractivity (Wildman–Crippen MR) is 137 cm³/mol. The van der Waals surface area contributed by atoms with Crippen molar-refractivity contribution < 1.29 is 14.7 Å². The lowest BCUT2D eigenvalue weighted by molar-refractivity contribution is -0.183. The van der Waals surface area contributed by atoms with E-state index >= 15 is 0 Å². The van der Waals surface area contributed by atoms with Gasteiger partial charge < -0.3 is 5.11 Å². The van der Waals surface area contributed by atoms with Gasteiger partial charge in [-0.15, -0.1) is 0 Å². The molecule has 1 heterocycles. The zero-order valence-electron chi connectivity index (χ0n) is 18.8. The standard InChI is InChI=1S/C29H23ClN2O3/c30-25-16-17-27(33)21(18-25)19-31-26-20-35-32(28(26)34)29(22-10-4-1-5-11-22,23-12-6-2-7-13-23)24-14-8-3-9-15-24/h1-19,26,33H,20H2. The fourth-order valence-corrected chi connectivity index (χ4v) is 4.65. The van der Waals surface area contributed by atoms with Gasteiger partial charge in [-0.25, -0.2) is 0 Å². The Labute approximate surface area is 208 Å². The molecule has 1 aliphatic rings. The van der Waals surface area contributed by atoms with Gasteiger partial charge in [0.15, 0.2) is 6.04 Å². The molecule has 5 nitrogen and oxygen atoms in total. The van der Waals surface area contributed by atoms with Crippen LogP contribution in [-0.2, 0) is 15.2 Å². The number of hydroxylamine groups is 2. The molecule has 1 atom stereocenters. The molecule has 0 aliphatic carbocycles. The summed E-state index contributed by atoms with van der Waals surface area (Å²) in [6, 6.07) is 33.4. The van der Waals surface area contributed by atoms with Gasteiger partial charge in [0.1, 0.15) is 17.9 Å². The van der Waals surface area contributed by atoms with Crippen LogP contribution >= 0.6 is 11.6 Å². The summed E-state index contributed by atoms with van der Waals surface area (Å²) in [6.45, 7) is 0.0743. The summed E-state index contributed by atoms with van der Waals surface area (Å²) in [5.41, 5.74) is 2.08. The van der Waals surface area contributed by atoms with E-state index in [2.05, 4.69) is 4.99 Å². The Morgan fingerprint density at radius 3 is 1.89 bits per heavy atom. The highest BCUT2D eigenvalue weighted by atomic mass is 35.5. The first-order valence-corrected chi connectivity index (χ1v) is 11.6. The van der Waals surface area contributed by atoms with E-state index in [9.17, 15) is 9.90 Å². The van der Waals surface area contributed by atoms with Crippen molar-refractivity contribution in [1.82, 2.24) is 5.06 Å². The summed E-state index contributed by atoms with van der Waals surface area (Å²) in [4.78, 5) is 24.4. The lowest BCUT2D eigenvalue weighted by Gasteiger charge is -2.41. The molecule has 6 heteroatoms. The second-order valence-electron chi connectivity index (χ2n) is 8.23. The predicted octanol–water partition coefficient (Wildman–Crippen LogP) is 5.60. The molecule has 5 rings (SSSR count). The molecule has 0 spiro atoms. The molecule has 0 bridgehead atoms. The molecular formula is C29H23ClN2O3. The van der Waals surface area contributed by atoms with Crippen LogP contribution in [0, 0.1) is 0 Å². The summed E-state index contributed by atoms with van der Waals surface area (Å²) < 4.78 is 0. The number of carbonyl (C=O) groups is 1. The number of carbonyl (C=O) groups excluding carboxylic acids is 1. The molecule has 1 aliphatic heterocycles. The van der Waals surface area contributed by atoms with Crippen LogP contribution in [0.5, 0.6) is 5.75 Å². The largest absolute Gasteiger partial charge is 0.507 e. The smallest absolute Gasteiger partial charge is 0.274 e. The van der Waals surface area contributed by atoms with E-state index in [1.807, 2.05) is 91.0 Å². The summed E-state index contributed by atoms with van der Waals surface area (Å²) in [7, 11) is 0. The van der Waals surface area contributed by atoms with Gasteiger partial charge in [0.25, 0.3) is 5.91 Å². The van der Waals surface area contributed by atoms with Gasteiger partial charge in [-0.05, 0) is 34.9 Å². The van der Waals surface area contributed by atoms with Crippen molar-refractivity contribution in [2.24, 2.45) is 4.99 Å². The number of phenolic OH excluding ortho intramolecular Hbond substituents is 1. The molecule has 35 heavy (non-hydrogen) atoms. The number of phenols is 1. The number of halogens is 1. The normalized spacial score (nSPS) is 16.2. The first-order valence-electron chi connectivity index (χ1n) is 11.3. The minimum Gasteiger partial charge on any atom is -0.507 e. The highest BCUT2D eigenvalue weighted by Gasteiger charge is 2.50. The fraction of sp³-hybridized carbons (Fsp3) is 0.103. The Hall–Kier alpha value is -3.93. The van der Waals surface area contributed by atoms with Crippen molar-refractivity contribution in [2.45, 2.75) is 11.6 Å². The molecule has 4 aromatic carbocycles. The maximum absolute atomic E-state index is 13.8. The summed E-state index contributed by atoms with van der Waals surface area (Å²) in [5.74, 6) is -0.243. The van der Waals surface area contributed by atoms with Gasteiger partial charge in [-0.1, -0.05) is 103 Å². The molecule has 1 unspecified atom stereocenters. The lowest BCUT2D eigenvalue weighted by Crippen LogP contribution is -2.49. The number of aromatic hydroxyl groups is 1. The Balaban J connectivity index is 1.62. The van der Waals surface area contributed by atoms with Crippen LogP contribution in [0.1, 0.15) is 22.3 Å². The molecule has 1 amide bonds. The third-order valence-corrected chi connectivity index (χ3v) is 6.34. The van der Waals surface area contributed by atoms with Crippen LogP contribution in [-0.4, -0.2) is 34.9 Å². The number of benzene rings is 4. The molecule has 1 fully saturated rings. The van der Waals surface area contributed by atoms with Crippen molar-refractivity contribution in [1.29, 1.82) is 0 Å². The van der Waals surface area contributed by atoms with Crippen molar-refractivity contribution in [3.8, 4) is 5.75 Å². The third kappa shape index (κ3) is 4.20. The quantitative estimate of drug-likeness (QED) is 0.287. The summed E-state index contributed by atoms with van der Waals surface area (Å²) >= 11 is 6.05. The van der Waals surface area contributed by atoms with E-state index < -0.39 is 11.6 Å². The molecule has 4 aromatic rings. The molecule has 1 N–H and O–H groups in total. The summed E-state index contributed by atoms with van der Waals surface area (Å²) in [5, 5.41) is 12.0. The van der Waals surface area contributed by atoms with Gasteiger partial charge >= 0.3 is 0 Å². The van der Waals surface area contributed by atoms with Crippen LogP contribution in [0.4, 0.5) is 0 Å². The molecule has 0 saturated carbocycles.